The Bertz CT molecular complexity index is 899. The van der Waals surface area contributed by atoms with E-state index in [1.165, 1.54) is 16.2 Å². The van der Waals surface area contributed by atoms with Crippen LogP contribution in [-0.4, -0.2) is 22.4 Å². The number of carbonyl (C=O) groups excluding carboxylic acids is 1. The number of hydrogen-bond acceptors (Lipinski definition) is 2. The first-order valence-corrected chi connectivity index (χ1v) is 8.17. The van der Waals surface area contributed by atoms with Crippen molar-refractivity contribution in [3.05, 3.63) is 94.9 Å². The number of nitrogens with zero attached hydrogens (tertiary/aromatic N) is 2. The van der Waals surface area contributed by atoms with Crippen LogP contribution in [0.25, 0.3) is 11.1 Å². The summed E-state index contributed by atoms with van der Waals surface area (Å²) in [5, 5.41) is 0. The second-order valence-electron chi connectivity index (χ2n) is 5.98. The second kappa shape index (κ2) is 7.62. The van der Waals surface area contributed by atoms with E-state index in [2.05, 4.69) is 24.3 Å². The molecule has 1 heterocycles. The number of rotatable bonds is 5. The molecule has 0 radical (unpaired) electrons. The average Bonchev–Trinajstić information content (AvgIpc) is 2.65. The molecule has 4 heteroatoms. The van der Waals surface area contributed by atoms with Gasteiger partial charge in [-0.25, -0.2) is 0 Å². The third-order valence-corrected chi connectivity index (χ3v) is 4.11. The summed E-state index contributed by atoms with van der Waals surface area (Å²) in [5.74, 6) is -0.0968. The van der Waals surface area contributed by atoms with Crippen LogP contribution in [0.5, 0.6) is 0 Å². The fourth-order valence-electron chi connectivity index (χ4n) is 2.65. The number of carbonyl (C=O) groups is 1. The molecule has 25 heavy (non-hydrogen) atoms. The highest BCUT2D eigenvalue weighted by Gasteiger charge is 2.10. The van der Waals surface area contributed by atoms with E-state index in [0.29, 0.717) is 6.54 Å². The zero-order chi connectivity index (χ0) is 17.6. The summed E-state index contributed by atoms with van der Waals surface area (Å²) >= 11 is 0. The standard InChI is InChI=1S/C21H20N2O2/c1-22(21(25)16-23-14-6-5-9-20(23)24)15-17-10-12-19(13-11-17)18-7-3-2-4-8-18/h2-14H,15-16H2,1H3. The predicted molar refractivity (Wildman–Crippen MR) is 99.1 cm³/mol. The van der Waals surface area contributed by atoms with E-state index in [-0.39, 0.29) is 18.0 Å². The number of benzene rings is 2. The lowest BCUT2D eigenvalue weighted by atomic mass is 10.0. The summed E-state index contributed by atoms with van der Waals surface area (Å²) in [6, 6.07) is 23.2. The van der Waals surface area contributed by atoms with Crippen molar-refractivity contribution in [2.75, 3.05) is 7.05 Å². The molecule has 0 aliphatic carbocycles. The number of likely N-dealkylation sites (N-methyl/N-ethyl adjacent to an activating group) is 1. The van der Waals surface area contributed by atoms with Crippen molar-refractivity contribution in [3.63, 3.8) is 0 Å². The molecule has 0 unspecified atom stereocenters. The van der Waals surface area contributed by atoms with Gasteiger partial charge in [0.1, 0.15) is 6.54 Å². The van der Waals surface area contributed by atoms with E-state index < -0.39 is 0 Å². The molecule has 3 rings (SSSR count). The van der Waals surface area contributed by atoms with Crippen LogP contribution in [0.3, 0.4) is 0 Å². The molecule has 0 aliphatic rings. The van der Waals surface area contributed by atoms with Crippen LogP contribution in [0.1, 0.15) is 5.56 Å². The topological polar surface area (TPSA) is 42.3 Å². The third kappa shape index (κ3) is 4.23. The summed E-state index contributed by atoms with van der Waals surface area (Å²) in [7, 11) is 1.75. The van der Waals surface area contributed by atoms with E-state index in [1.54, 1.807) is 30.3 Å². The molecule has 0 saturated carbocycles. The normalized spacial score (nSPS) is 10.4. The van der Waals surface area contributed by atoms with Crippen LogP contribution >= 0.6 is 0 Å². The van der Waals surface area contributed by atoms with Gasteiger partial charge in [-0.15, -0.1) is 0 Å². The molecule has 3 aromatic rings. The molecule has 0 bridgehead atoms. The van der Waals surface area contributed by atoms with Crippen molar-refractivity contribution in [2.24, 2.45) is 0 Å². The van der Waals surface area contributed by atoms with Crippen molar-refractivity contribution in [1.29, 1.82) is 0 Å². The second-order valence-corrected chi connectivity index (χ2v) is 5.98. The molecular weight excluding hydrogens is 312 g/mol. The maximum absolute atomic E-state index is 12.3. The minimum Gasteiger partial charge on any atom is -0.340 e. The molecule has 2 aromatic carbocycles. The number of aromatic nitrogens is 1. The van der Waals surface area contributed by atoms with Gasteiger partial charge < -0.3 is 9.47 Å². The molecule has 0 spiro atoms. The highest BCUT2D eigenvalue weighted by molar-refractivity contribution is 5.75. The molecule has 0 fully saturated rings. The average molecular weight is 332 g/mol. The Morgan fingerprint density at radius 3 is 2.20 bits per heavy atom. The van der Waals surface area contributed by atoms with Gasteiger partial charge in [0.25, 0.3) is 5.56 Å². The van der Waals surface area contributed by atoms with Gasteiger partial charge >= 0.3 is 0 Å². The Labute approximate surface area is 147 Å². The Hall–Kier alpha value is -3.14. The highest BCUT2D eigenvalue weighted by Crippen LogP contribution is 2.19. The van der Waals surface area contributed by atoms with E-state index in [0.717, 1.165) is 11.1 Å². The minimum absolute atomic E-state index is 0.0538. The molecule has 0 aliphatic heterocycles. The lowest BCUT2D eigenvalue weighted by Crippen LogP contribution is -2.33. The lowest BCUT2D eigenvalue weighted by molar-refractivity contribution is -0.131. The van der Waals surface area contributed by atoms with Gasteiger partial charge in [-0.3, -0.25) is 9.59 Å². The first kappa shape index (κ1) is 16.7. The first-order chi connectivity index (χ1) is 12.1. The zero-order valence-electron chi connectivity index (χ0n) is 14.1. The molecule has 0 N–H and O–H groups in total. The van der Waals surface area contributed by atoms with E-state index >= 15 is 0 Å². The van der Waals surface area contributed by atoms with E-state index in [1.807, 2.05) is 30.3 Å². The molecule has 0 saturated heterocycles. The Morgan fingerprint density at radius 1 is 0.880 bits per heavy atom. The number of hydrogen-bond donors (Lipinski definition) is 0. The molecule has 126 valence electrons. The number of pyridine rings is 1. The summed E-state index contributed by atoms with van der Waals surface area (Å²) in [6.07, 6.45) is 1.63. The van der Waals surface area contributed by atoms with Crippen molar-refractivity contribution in [3.8, 4) is 11.1 Å². The van der Waals surface area contributed by atoms with Crippen LogP contribution in [0.15, 0.2) is 83.8 Å². The van der Waals surface area contributed by atoms with Crippen molar-refractivity contribution < 1.29 is 4.79 Å². The summed E-state index contributed by atoms with van der Waals surface area (Å²) in [4.78, 5) is 25.7. The molecule has 0 atom stereocenters. The maximum Gasteiger partial charge on any atom is 0.250 e. The zero-order valence-corrected chi connectivity index (χ0v) is 14.1. The summed E-state index contributed by atoms with van der Waals surface area (Å²) in [6.45, 7) is 0.563. The quantitative estimate of drug-likeness (QED) is 0.720. The lowest BCUT2D eigenvalue weighted by Gasteiger charge is -2.18. The van der Waals surface area contributed by atoms with Gasteiger partial charge in [-0.05, 0) is 22.8 Å². The van der Waals surface area contributed by atoms with E-state index in [9.17, 15) is 9.59 Å². The van der Waals surface area contributed by atoms with Gasteiger partial charge in [-0.1, -0.05) is 60.7 Å². The summed E-state index contributed by atoms with van der Waals surface area (Å²) < 4.78 is 1.41. The minimum atomic E-state index is -0.170. The van der Waals surface area contributed by atoms with Crippen LogP contribution < -0.4 is 5.56 Å². The fraction of sp³-hybridized carbons (Fsp3) is 0.143. The first-order valence-electron chi connectivity index (χ1n) is 8.17. The van der Waals surface area contributed by atoms with Crippen LogP contribution in [0, 0.1) is 0 Å². The van der Waals surface area contributed by atoms with Crippen LogP contribution in [0.2, 0.25) is 0 Å². The number of amides is 1. The van der Waals surface area contributed by atoms with Gasteiger partial charge in [0.05, 0.1) is 0 Å². The van der Waals surface area contributed by atoms with Crippen molar-refractivity contribution in [2.45, 2.75) is 13.1 Å². The fourth-order valence-corrected chi connectivity index (χ4v) is 2.65. The smallest absolute Gasteiger partial charge is 0.250 e. The van der Waals surface area contributed by atoms with Gasteiger partial charge in [0.2, 0.25) is 5.91 Å². The highest BCUT2D eigenvalue weighted by atomic mass is 16.2. The Kier molecular flexibility index (Phi) is 5.09. The van der Waals surface area contributed by atoms with Crippen LogP contribution in [0.4, 0.5) is 0 Å². The third-order valence-electron chi connectivity index (χ3n) is 4.11. The van der Waals surface area contributed by atoms with Gasteiger partial charge in [0, 0.05) is 25.9 Å². The predicted octanol–water partition coefficient (Wildman–Crippen LogP) is 3.17. The Balaban J connectivity index is 1.64. The van der Waals surface area contributed by atoms with Crippen molar-refractivity contribution >= 4 is 5.91 Å². The van der Waals surface area contributed by atoms with Gasteiger partial charge in [-0.2, -0.15) is 0 Å². The molecule has 1 aromatic heterocycles. The SMILES string of the molecule is CN(Cc1ccc(-c2ccccc2)cc1)C(=O)Cn1ccccc1=O. The monoisotopic (exact) mass is 332 g/mol. The largest absolute Gasteiger partial charge is 0.340 e. The Morgan fingerprint density at radius 2 is 1.52 bits per heavy atom. The van der Waals surface area contributed by atoms with Gasteiger partial charge in [0.15, 0.2) is 0 Å². The van der Waals surface area contributed by atoms with Crippen molar-refractivity contribution in [1.82, 2.24) is 9.47 Å². The molecule has 1 amide bonds. The summed E-state index contributed by atoms with van der Waals surface area (Å²) in [5.41, 5.74) is 3.20. The molecular formula is C21H20N2O2. The maximum atomic E-state index is 12.3. The van der Waals surface area contributed by atoms with E-state index in [4.69, 9.17) is 0 Å². The molecule has 4 nitrogen and oxygen atoms in total. The van der Waals surface area contributed by atoms with Crippen LogP contribution in [-0.2, 0) is 17.9 Å².